The summed E-state index contributed by atoms with van der Waals surface area (Å²) in [5, 5.41) is 8.79. The van der Waals surface area contributed by atoms with Gasteiger partial charge >= 0.3 is 5.97 Å². The van der Waals surface area contributed by atoms with Gasteiger partial charge in [0.05, 0.1) is 5.69 Å². The van der Waals surface area contributed by atoms with Crippen molar-refractivity contribution in [3.05, 3.63) is 30.3 Å². The molecule has 0 bridgehead atoms. The first-order valence-electron chi connectivity index (χ1n) is 5.59. The van der Waals surface area contributed by atoms with Crippen molar-refractivity contribution in [1.82, 2.24) is 4.31 Å². The minimum atomic E-state index is -3.23. The zero-order chi connectivity index (χ0) is 13.2. The Hall–Kier alpha value is -1.28. The van der Waals surface area contributed by atoms with E-state index in [9.17, 15) is 13.9 Å². The normalized spacial score (nSPS) is 21.6. The van der Waals surface area contributed by atoms with Crippen LogP contribution >= 0.6 is 11.0 Å². The van der Waals surface area contributed by atoms with E-state index in [1.54, 1.807) is 24.3 Å². The number of anilines is 1. The van der Waals surface area contributed by atoms with Crippen LogP contribution in [0, 0.1) is 0 Å². The Balaban J connectivity index is 2.23. The van der Waals surface area contributed by atoms with Crippen molar-refractivity contribution in [3.63, 3.8) is 0 Å². The molecule has 7 heteroatoms. The van der Waals surface area contributed by atoms with Crippen molar-refractivity contribution in [3.8, 4) is 0 Å². The highest BCUT2D eigenvalue weighted by molar-refractivity contribution is 8.23. The number of rotatable bonds is 3. The number of carboxylic acid groups (broad SMARTS) is 1. The van der Waals surface area contributed by atoms with Crippen molar-refractivity contribution in [2.75, 3.05) is 23.9 Å². The van der Waals surface area contributed by atoms with Crippen molar-refractivity contribution in [2.24, 2.45) is 0 Å². The summed E-state index contributed by atoms with van der Waals surface area (Å²) >= 11 is 0. The Kier molecular flexibility index (Phi) is 3.76. The summed E-state index contributed by atoms with van der Waals surface area (Å²) in [6.07, 6.45) is 0.693. The lowest BCUT2D eigenvalue weighted by molar-refractivity contribution is -0.137. The minimum absolute atomic E-state index is 0.369. The molecule has 0 amide bonds. The van der Waals surface area contributed by atoms with E-state index < -0.39 is 16.9 Å². The first-order valence-corrected chi connectivity index (χ1v) is 7.06. The second kappa shape index (κ2) is 5.15. The third-order valence-corrected chi connectivity index (χ3v) is 4.76. The van der Waals surface area contributed by atoms with E-state index in [1.165, 1.54) is 8.61 Å². The van der Waals surface area contributed by atoms with Crippen LogP contribution < -0.4 is 4.31 Å². The Morgan fingerprint density at radius 2 is 1.89 bits per heavy atom. The molecule has 1 heterocycles. The largest absolute Gasteiger partial charge is 0.480 e. The first kappa shape index (κ1) is 13.2. The van der Waals surface area contributed by atoms with Gasteiger partial charge in [-0.1, -0.05) is 18.2 Å². The molecule has 3 N–H and O–H groups in total. The number of carboxylic acids is 1. The van der Waals surface area contributed by atoms with Crippen LogP contribution in [0.5, 0.6) is 0 Å². The summed E-state index contributed by atoms with van der Waals surface area (Å²) in [4.78, 5) is 10.7. The van der Waals surface area contributed by atoms with Gasteiger partial charge in [0.15, 0.2) is 0 Å². The average Bonchev–Trinajstić information content (AvgIpc) is 2.32. The Morgan fingerprint density at radius 3 is 2.50 bits per heavy atom. The lowest BCUT2D eigenvalue weighted by Gasteiger charge is -2.53. The molecule has 0 unspecified atom stereocenters. The third kappa shape index (κ3) is 2.59. The van der Waals surface area contributed by atoms with E-state index in [0.717, 1.165) is 0 Å². The Labute approximate surface area is 107 Å². The van der Waals surface area contributed by atoms with Crippen molar-refractivity contribution in [2.45, 2.75) is 6.42 Å². The molecule has 100 valence electrons. The van der Waals surface area contributed by atoms with Crippen LogP contribution in [0.1, 0.15) is 6.42 Å². The predicted octanol–water partition coefficient (Wildman–Crippen LogP) is 1.86. The van der Waals surface area contributed by atoms with Crippen LogP contribution in [0.2, 0.25) is 0 Å². The van der Waals surface area contributed by atoms with Gasteiger partial charge in [-0.15, -0.1) is 0 Å². The topological polar surface area (TPSA) is 84.2 Å². The van der Waals surface area contributed by atoms with Crippen LogP contribution in [0.4, 0.5) is 5.69 Å². The number of carbonyl (C=O) groups is 1. The van der Waals surface area contributed by atoms with Crippen LogP contribution in [0.15, 0.2) is 30.3 Å². The van der Waals surface area contributed by atoms with Gasteiger partial charge in [0.1, 0.15) is 6.54 Å². The van der Waals surface area contributed by atoms with E-state index in [2.05, 4.69) is 0 Å². The molecule has 0 aliphatic carbocycles. The number of hydrogen-bond acceptors (Lipinski definition) is 5. The number of hydrogen-bond donors (Lipinski definition) is 3. The SMILES string of the molecule is O=C(O)CN1CCCN(c2ccccc2)S1(O)O. The summed E-state index contributed by atoms with van der Waals surface area (Å²) in [5.41, 5.74) is 0.688. The number of benzene rings is 1. The first-order chi connectivity index (χ1) is 8.51. The van der Waals surface area contributed by atoms with E-state index in [4.69, 9.17) is 5.11 Å². The predicted molar refractivity (Wildman–Crippen MR) is 70.5 cm³/mol. The average molecular weight is 272 g/mol. The minimum Gasteiger partial charge on any atom is -0.480 e. The summed E-state index contributed by atoms with van der Waals surface area (Å²) in [5.74, 6) is -1.06. The molecule has 1 aromatic rings. The molecule has 0 radical (unpaired) electrons. The molecular weight excluding hydrogens is 256 g/mol. The molecule has 6 nitrogen and oxygen atoms in total. The van der Waals surface area contributed by atoms with E-state index in [1.807, 2.05) is 6.07 Å². The lowest BCUT2D eigenvalue weighted by atomic mass is 10.3. The van der Waals surface area contributed by atoms with E-state index in [-0.39, 0.29) is 6.54 Å². The summed E-state index contributed by atoms with van der Waals surface area (Å²) < 4.78 is 23.1. The third-order valence-electron chi connectivity index (χ3n) is 2.77. The Morgan fingerprint density at radius 1 is 1.22 bits per heavy atom. The monoisotopic (exact) mass is 272 g/mol. The molecule has 1 saturated heterocycles. The van der Waals surface area contributed by atoms with Crippen molar-refractivity contribution in [1.29, 1.82) is 0 Å². The maximum Gasteiger partial charge on any atom is 0.319 e. The van der Waals surface area contributed by atoms with Crippen LogP contribution in [0.25, 0.3) is 0 Å². The second-order valence-electron chi connectivity index (χ2n) is 4.04. The highest BCUT2D eigenvalue weighted by Crippen LogP contribution is 2.51. The zero-order valence-electron chi connectivity index (χ0n) is 9.77. The summed E-state index contributed by atoms with van der Waals surface area (Å²) in [6.45, 7) is 0.506. The summed E-state index contributed by atoms with van der Waals surface area (Å²) in [6, 6.07) is 9.01. The highest BCUT2D eigenvalue weighted by Gasteiger charge is 2.35. The molecule has 2 rings (SSSR count). The molecule has 1 aliphatic heterocycles. The van der Waals surface area contributed by atoms with Gasteiger partial charge < -0.3 is 5.11 Å². The van der Waals surface area contributed by atoms with Gasteiger partial charge in [0.25, 0.3) is 0 Å². The van der Waals surface area contributed by atoms with Gasteiger partial charge in [-0.3, -0.25) is 18.2 Å². The maximum atomic E-state index is 10.7. The molecular formula is C11H16N2O4S. The number of nitrogens with zero attached hydrogens (tertiary/aromatic N) is 2. The second-order valence-corrected chi connectivity index (χ2v) is 5.98. The molecule has 0 saturated carbocycles. The smallest absolute Gasteiger partial charge is 0.319 e. The lowest BCUT2D eigenvalue weighted by Crippen LogP contribution is -2.47. The fourth-order valence-corrected chi connectivity index (χ4v) is 3.67. The van der Waals surface area contributed by atoms with Gasteiger partial charge in [-0.05, 0) is 29.5 Å². The van der Waals surface area contributed by atoms with E-state index >= 15 is 0 Å². The standard InChI is InChI=1S/C11H16N2O4S/c14-11(15)9-12-7-4-8-13(18(12,16)17)10-5-2-1-3-6-10/h1-3,5-6,16-17H,4,7-9H2,(H,14,15). The van der Waals surface area contributed by atoms with Crippen molar-refractivity contribution >= 4 is 22.6 Å². The molecule has 1 aliphatic rings. The zero-order valence-corrected chi connectivity index (χ0v) is 10.6. The molecule has 1 fully saturated rings. The van der Waals surface area contributed by atoms with Crippen LogP contribution in [-0.2, 0) is 4.79 Å². The number of aliphatic carboxylic acids is 1. The van der Waals surface area contributed by atoms with Crippen LogP contribution in [-0.4, -0.2) is 44.1 Å². The quantitative estimate of drug-likeness (QED) is 0.779. The fraction of sp³-hybridized carbons (Fsp3) is 0.364. The van der Waals surface area contributed by atoms with E-state index in [0.29, 0.717) is 25.2 Å². The molecule has 18 heavy (non-hydrogen) atoms. The highest BCUT2D eigenvalue weighted by atomic mass is 32.3. The molecule has 0 aromatic heterocycles. The van der Waals surface area contributed by atoms with Crippen molar-refractivity contribution < 1.29 is 19.0 Å². The molecule has 1 aromatic carbocycles. The molecule has 0 atom stereocenters. The maximum absolute atomic E-state index is 10.7. The summed E-state index contributed by atoms with van der Waals surface area (Å²) in [7, 11) is -3.23. The fourth-order valence-electron chi connectivity index (χ4n) is 1.96. The van der Waals surface area contributed by atoms with Gasteiger partial charge in [-0.25, -0.2) is 0 Å². The van der Waals surface area contributed by atoms with Crippen LogP contribution in [0.3, 0.4) is 0 Å². The number of para-hydroxylation sites is 1. The van der Waals surface area contributed by atoms with Gasteiger partial charge in [-0.2, -0.15) is 4.31 Å². The Bertz CT molecular complexity index is 426. The van der Waals surface area contributed by atoms with Gasteiger partial charge in [0.2, 0.25) is 0 Å². The molecule has 0 spiro atoms. The van der Waals surface area contributed by atoms with Gasteiger partial charge in [0, 0.05) is 13.1 Å².